The third-order valence-corrected chi connectivity index (χ3v) is 4.24. The molecular formula is C11H16N2OS. The zero-order valence-corrected chi connectivity index (χ0v) is 9.77. The van der Waals surface area contributed by atoms with Crippen molar-refractivity contribution in [1.29, 1.82) is 0 Å². The van der Waals surface area contributed by atoms with Crippen LogP contribution in [0.4, 0.5) is 0 Å². The first kappa shape index (κ1) is 10.8. The van der Waals surface area contributed by atoms with Crippen molar-refractivity contribution in [3.05, 3.63) is 16.1 Å². The molecule has 1 aromatic heterocycles. The van der Waals surface area contributed by atoms with Crippen LogP contribution in [0.25, 0.3) is 0 Å². The lowest BCUT2D eigenvalue weighted by Crippen LogP contribution is -2.45. The second-order valence-electron chi connectivity index (χ2n) is 4.32. The molecular weight excluding hydrogens is 208 g/mol. The number of thiazole rings is 1. The predicted octanol–water partition coefficient (Wildman–Crippen LogP) is 1.69. The Kier molecular flexibility index (Phi) is 2.89. The SMILES string of the molecule is Cc1csc(CC(=O)C2(CN)CCC2)n1. The molecule has 1 heterocycles. The van der Waals surface area contributed by atoms with Crippen molar-refractivity contribution in [3.63, 3.8) is 0 Å². The number of hydrogen-bond donors (Lipinski definition) is 1. The molecule has 1 aliphatic rings. The number of nitrogens with zero attached hydrogens (tertiary/aromatic N) is 1. The fourth-order valence-corrected chi connectivity index (χ4v) is 2.78. The highest BCUT2D eigenvalue weighted by Gasteiger charge is 2.42. The monoisotopic (exact) mass is 224 g/mol. The molecule has 3 nitrogen and oxygen atoms in total. The summed E-state index contributed by atoms with van der Waals surface area (Å²) in [7, 11) is 0. The van der Waals surface area contributed by atoms with Crippen LogP contribution in [0.2, 0.25) is 0 Å². The predicted molar refractivity (Wildman–Crippen MR) is 60.9 cm³/mol. The molecule has 82 valence electrons. The van der Waals surface area contributed by atoms with Crippen molar-refractivity contribution >= 4 is 17.1 Å². The zero-order valence-electron chi connectivity index (χ0n) is 8.95. The van der Waals surface area contributed by atoms with Crippen LogP contribution in [0.5, 0.6) is 0 Å². The molecule has 2 rings (SSSR count). The summed E-state index contributed by atoms with van der Waals surface area (Å²) in [6, 6.07) is 0. The molecule has 0 amide bonds. The number of aryl methyl sites for hydroxylation is 1. The van der Waals surface area contributed by atoms with E-state index in [0.29, 0.717) is 13.0 Å². The van der Waals surface area contributed by atoms with Gasteiger partial charge in [0.05, 0.1) is 6.42 Å². The average Bonchev–Trinajstić information content (AvgIpc) is 2.50. The van der Waals surface area contributed by atoms with Crippen LogP contribution in [0, 0.1) is 12.3 Å². The molecule has 0 aliphatic heterocycles. The summed E-state index contributed by atoms with van der Waals surface area (Å²) in [5, 5.41) is 2.91. The molecule has 4 heteroatoms. The normalized spacial score (nSPS) is 18.5. The lowest BCUT2D eigenvalue weighted by atomic mass is 9.65. The Labute approximate surface area is 93.7 Å². The van der Waals surface area contributed by atoms with E-state index in [-0.39, 0.29) is 11.2 Å². The molecule has 0 radical (unpaired) electrons. The summed E-state index contributed by atoms with van der Waals surface area (Å²) in [6.45, 7) is 2.45. The van der Waals surface area contributed by atoms with Gasteiger partial charge < -0.3 is 5.73 Å². The van der Waals surface area contributed by atoms with Gasteiger partial charge in [0, 0.05) is 23.0 Å². The third-order valence-electron chi connectivity index (χ3n) is 3.27. The van der Waals surface area contributed by atoms with Crippen LogP contribution in [0.1, 0.15) is 30.0 Å². The first-order valence-corrected chi connectivity index (χ1v) is 6.19. The Morgan fingerprint density at radius 3 is 2.80 bits per heavy atom. The van der Waals surface area contributed by atoms with Gasteiger partial charge >= 0.3 is 0 Å². The van der Waals surface area contributed by atoms with E-state index in [9.17, 15) is 4.79 Å². The number of hydrogen-bond acceptors (Lipinski definition) is 4. The lowest BCUT2D eigenvalue weighted by molar-refractivity contribution is -0.132. The van der Waals surface area contributed by atoms with Gasteiger partial charge in [-0.2, -0.15) is 0 Å². The van der Waals surface area contributed by atoms with Crippen molar-refractivity contribution in [1.82, 2.24) is 4.98 Å². The molecule has 2 N–H and O–H groups in total. The van der Waals surface area contributed by atoms with Gasteiger partial charge in [-0.05, 0) is 19.8 Å². The van der Waals surface area contributed by atoms with Gasteiger partial charge in [-0.1, -0.05) is 6.42 Å². The Hall–Kier alpha value is -0.740. The average molecular weight is 224 g/mol. The minimum atomic E-state index is -0.209. The Bertz CT molecular complexity index is 363. The fraction of sp³-hybridized carbons (Fsp3) is 0.636. The molecule has 0 bridgehead atoms. The Morgan fingerprint density at radius 2 is 2.40 bits per heavy atom. The number of rotatable bonds is 4. The van der Waals surface area contributed by atoms with Crippen molar-refractivity contribution in [3.8, 4) is 0 Å². The zero-order chi connectivity index (χ0) is 10.9. The highest BCUT2D eigenvalue weighted by molar-refractivity contribution is 7.09. The van der Waals surface area contributed by atoms with E-state index in [1.807, 2.05) is 12.3 Å². The summed E-state index contributed by atoms with van der Waals surface area (Å²) in [4.78, 5) is 16.4. The molecule has 15 heavy (non-hydrogen) atoms. The molecule has 1 fully saturated rings. The number of carbonyl (C=O) groups is 1. The van der Waals surface area contributed by atoms with E-state index >= 15 is 0 Å². The Morgan fingerprint density at radius 1 is 1.67 bits per heavy atom. The van der Waals surface area contributed by atoms with Crippen LogP contribution >= 0.6 is 11.3 Å². The molecule has 0 unspecified atom stereocenters. The molecule has 1 aliphatic carbocycles. The summed E-state index contributed by atoms with van der Waals surface area (Å²) >= 11 is 1.57. The van der Waals surface area contributed by atoms with Crippen LogP contribution in [0.15, 0.2) is 5.38 Å². The fourth-order valence-electron chi connectivity index (χ4n) is 2.01. The molecule has 0 saturated heterocycles. The van der Waals surface area contributed by atoms with Gasteiger partial charge in [0.1, 0.15) is 10.8 Å². The van der Waals surface area contributed by atoms with E-state index in [1.54, 1.807) is 11.3 Å². The van der Waals surface area contributed by atoms with Crippen LogP contribution in [0.3, 0.4) is 0 Å². The number of Topliss-reactive ketones (excluding diaryl/α,β-unsaturated/α-hetero) is 1. The molecule has 1 aromatic rings. The second kappa shape index (κ2) is 4.02. The van der Waals surface area contributed by atoms with Crippen molar-refractivity contribution in [2.45, 2.75) is 32.6 Å². The molecule has 0 spiro atoms. The standard InChI is InChI=1S/C11H16N2OS/c1-8-6-15-10(13-8)5-9(14)11(7-12)3-2-4-11/h6H,2-5,7,12H2,1H3. The quantitative estimate of drug-likeness (QED) is 0.846. The first-order valence-electron chi connectivity index (χ1n) is 5.31. The minimum absolute atomic E-state index is 0.209. The number of carbonyl (C=O) groups excluding carboxylic acids is 1. The van der Waals surface area contributed by atoms with Crippen LogP contribution in [-0.4, -0.2) is 17.3 Å². The van der Waals surface area contributed by atoms with Gasteiger partial charge in [0.2, 0.25) is 0 Å². The maximum absolute atomic E-state index is 12.0. The summed E-state index contributed by atoms with van der Waals surface area (Å²) in [5.41, 5.74) is 6.48. The summed E-state index contributed by atoms with van der Waals surface area (Å²) < 4.78 is 0. The van der Waals surface area contributed by atoms with E-state index < -0.39 is 0 Å². The van der Waals surface area contributed by atoms with Crippen LogP contribution in [-0.2, 0) is 11.2 Å². The van der Waals surface area contributed by atoms with Gasteiger partial charge in [0.15, 0.2) is 0 Å². The maximum Gasteiger partial charge on any atom is 0.147 e. The number of ketones is 1. The number of nitrogens with two attached hydrogens (primary N) is 1. The van der Waals surface area contributed by atoms with Crippen LogP contribution < -0.4 is 5.73 Å². The molecule has 0 atom stereocenters. The largest absolute Gasteiger partial charge is 0.329 e. The van der Waals surface area contributed by atoms with Crippen molar-refractivity contribution < 1.29 is 4.79 Å². The first-order chi connectivity index (χ1) is 7.16. The van der Waals surface area contributed by atoms with E-state index in [1.165, 1.54) is 0 Å². The second-order valence-corrected chi connectivity index (χ2v) is 5.26. The summed E-state index contributed by atoms with van der Waals surface area (Å²) in [5.74, 6) is 0.283. The summed E-state index contributed by atoms with van der Waals surface area (Å²) in [6.07, 6.45) is 3.54. The van der Waals surface area contributed by atoms with Gasteiger partial charge in [-0.3, -0.25) is 4.79 Å². The topological polar surface area (TPSA) is 56.0 Å². The molecule has 0 aromatic carbocycles. The van der Waals surface area contributed by atoms with Crippen molar-refractivity contribution in [2.75, 3.05) is 6.54 Å². The van der Waals surface area contributed by atoms with Gasteiger partial charge in [0.25, 0.3) is 0 Å². The smallest absolute Gasteiger partial charge is 0.147 e. The molecule has 1 saturated carbocycles. The van der Waals surface area contributed by atoms with Gasteiger partial charge in [-0.15, -0.1) is 11.3 Å². The van der Waals surface area contributed by atoms with Gasteiger partial charge in [-0.25, -0.2) is 4.98 Å². The van der Waals surface area contributed by atoms with E-state index in [0.717, 1.165) is 30.0 Å². The third kappa shape index (κ3) is 1.96. The minimum Gasteiger partial charge on any atom is -0.329 e. The maximum atomic E-state index is 12.0. The highest BCUT2D eigenvalue weighted by atomic mass is 32.1. The highest BCUT2D eigenvalue weighted by Crippen LogP contribution is 2.41. The van der Waals surface area contributed by atoms with E-state index in [2.05, 4.69) is 4.98 Å². The van der Waals surface area contributed by atoms with Crippen molar-refractivity contribution in [2.24, 2.45) is 11.1 Å². The lowest BCUT2D eigenvalue weighted by Gasteiger charge is -2.39. The van der Waals surface area contributed by atoms with E-state index in [4.69, 9.17) is 5.73 Å². The Balaban J connectivity index is 2.03. The number of aromatic nitrogens is 1.